The van der Waals surface area contributed by atoms with E-state index in [9.17, 15) is 13.2 Å². The Kier molecular flexibility index (Phi) is 5.27. The van der Waals surface area contributed by atoms with Crippen molar-refractivity contribution in [1.82, 2.24) is 5.43 Å². The molecule has 0 atom stereocenters. The van der Waals surface area contributed by atoms with Crippen molar-refractivity contribution in [1.29, 1.82) is 0 Å². The summed E-state index contributed by atoms with van der Waals surface area (Å²) in [5, 5.41) is 3.82. The zero-order valence-electron chi connectivity index (χ0n) is 14.9. The Morgan fingerprint density at radius 2 is 1.81 bits per heavy atom. The molecule has 1 amide bonds. The zero-order valence-corrected chi connectivity index (χ0v) is 15.7. The van der Waals surface area contributed by atoms with Gasteiger partial charge in [-0.1, -0.05) is 25.0 Å². The molecule has 0 saturated heterocycles. The number of hydrogen-bond donors (Lipinski definition) is 1. The minimum atomic E-state index is -3.26. The summed E-state index contributed by atoms with van der Waals surface area (Å²) in [6, 6.07) is 8.25. The summed E-state index contributed by atoms with van der Waals surface area (Å²) in [7, 11) is -3.26. The number of furan rings is 1. The second kappa shape index (κ2) is 7.45. The maximum atomic E-state index is 12.6. The predicted octanol–water partition coefficient (Wildman–Crippen LogP) is 3.46. The largest absolute Gasteiger partial charge is 0.469 e. The van der Waals surface area contributed by atoms with Crippen molar-refractivity contribution in [3.05, 3.63) is 53.5 Å². The molecule has 1 aromatic heterocycles. The quantitative estimate of drug-likeness (QED) is 0.641. The van der Waals surface area contributed by atoms with E-state index in [1.165, 1.54) is 6.26 Å². The van der Waals surface area contributed by atoms with Crippen LogP contribution < -0.4 is 5.43 Å². The third-order valence-corrected chi connectivity index (χ3v) is 7.05. The van der Waals surface area contributed by atoms with Gasteiger partial charge < -0.3 is 4.42 Å². The van der Waals surface area contributed by atoms with Gasteiger partial charge in [0.15, 0.2) is 9.84 Å². The van der Waals surface area contributed by atoms with Gasteiger partial charge in [-0.2, -0.15) is 5.10 Å². The molecule has 7 heteroatoms. The summed E-state index contributed by atoms with van der Waals surface area (Å²) >= 11 is 0. The van der Waals surface area contributed by atoms with Crippen LogP contribution in [0.1, 0.15) is 54.3 Å². The van der Waals surface area contributed by atoms with Gasteiger partial charge in [-0.25, -0.2) is 13.8 Å². The van der Waals surface area contributed by atoms with Crippen LogP contribution >= 0.6 is 0 Å². The molecule has 2 aromatic rings. The molecule has 0 spiro atoms. The minimum Gasteiger partial charge on any atom is -0.469 e. The lowest BCUT2D eigenvalue weighted by atomic mass is 10.1. The lowest BCUT2D eigenvalue weighted by Gasteiger charge is -2.11. The molecule has 1 fully saturated rings. The molecule has 6 nitrogen and oxygen atoms in total. The number of amides is 1. The van der Waals surface area contributed by atoms with Crippen LogP contribution in [0.25, 0.3) is 0 Å². The van der Waals surface area contributed by atoms with Gasteiger partial charge in [-0.3, -0.25) is 4.79 Å². The van der Waals surface area contributed by atoms with Crippen molar-refractivity contribution in [3.8, 4) is 0 Å². The fourth-order valence-corrected chi connectivity index (χ4v) is 5.01. The van der Waals surface area contributed by atoms with Crippen LogP contribution in [0.4, 0.5) is 0 Å². The fourth-order valence-electron chi connectivity index (χ4n) is 3.16. The van der Waals surface area contributed by atoms with Gasteiger partial charge in [0.1, 0.15) is 5.76 Å². The Morgan fingerprint density at radius 1 is 1.15 bits per heavy atom. The number of hydrogen-bond acceptors (Lipinski definition) is 5. The molecule has 1 heterocycles. The fraction of sp³-hybridized carbons (Fsp3) is 0.368. The van der Waals surface area contributed by atoms with Crippen LogP contribution in [0, 0.1) is 6.92 Å². The summed E-state index contributed by atoms with van der Waals surface area (Å²) in [5.41, 5.74) is 4.25. The number of carbonyl (C=O) groups is 1. The van der Waals surface area contributed by atoms with Crippen LogP contribution in [-0.4, -0.2) is 25.3 Å². The first-order chi connectivity index (χ1) is 12.4. The average molecular weight is 374 g/mol. The number of carbonyl (C=O) groups excluding carboxylic acids is 1. The van der Waals surface area contributed by atoms with Gasteiger partial charge in [0.25, 0.3) is 5.91 Å². The van der Waals surface area contributed by atoms with Gasteiger partial charge in [0, 0.05) is 0 Å². The highest BCUT2D eigenvalue weighted by Crippen LogP contribution is 2.29. The second-order valence-corrected chi connectivity index (χ2v) is 8.73. The number of nitrogens with zero attached hydrogens (tertiary/aromatic N) is 1. The number of nitrogens with one attached hydrogen (secondary N) is 1. The zero-order chi connectivity index (χ0) is 18.7. The van der Waals surface area contributed by atoms with E-state index in [4.69, 9.17) is 4.42 Å². The normalized spacial score (nSPS) is 16.0. The molecular weight excluding hydrogens is 352 g/mol. The highest BCUT2D eigenvalue weighted by Gasteiger charge is 2.30. The van der Waals surface area contributed by atoms with Crippen LogP contribution in [0.5, 0.6) is 0 Å². The molecule has 1 aromatic carbocycles. The van der Waals surface area contributed by atoms with Gasteiger partial charge in [-0.15, -0.1) is 0 Å². The van der Waals surface area contributed by atoms with E-state index in [1.54, 1.807) is 44.2 Å². The summed E-state index contributed by atoms with van der Waals surface area (Å²) in [6.07, 6.45) is 4.88. The summed E-state index contributed by atoms with van der Waals surface area (Å²) < 4.78 is 30.3. The van der Waals surface area contributed by atoms with E-state index in [0.29, 0.717) is 21.9 Å². The molecule has 0 radical (unpaired) electrons. The monoisotopic (exact) mass is 374 g/mol. The average Bonchev–Trinajstić information content (AvgIpc) is 3.31. The predicted molar refractivity (Wildman–Crippen MR) is 99.0 cm³/mol. The third-order valence-electron chi connectivity index (χ3n) is 4.77. The van der Waals surface area contributed by atoms with Crippen LogP contribution in [0.2, 0.25) is 0 Å². The maximum Gasteiger partial charge on any atom is 0.274 e. The van der Waals surface area contributed by atoms with Crippen molar-refractivity contribution in [3.63, 3.8) is 0 Å². The molecule has 1 N–H and O–H groups in total. The number of sulfone groups is 1. The first kappa shape index (κ1) is 18.4. The maximum absolute atomic E-state index is 12.6. The molecule has 1 saturated carbocycles. The van der Waals surface area contributed by atoms with E-state index in [2.05, 4.69) is 10.5 Å². The van der Waals surface area contributed by atoms with E-state index in [1.807, 2.05) is 0 Å². The first-order valence-electron chi connectivity index (χ1n) is 8.62. The lowest BCUT2D eigenvalue weighted by Crippen LogP contribution is -2.20. The summed E-state index contributed by atoms with van der Waals surface area (Å²) in [6.45, 7) is 3.46. The van der Waals surface area contributed by atoms with Gasteiger partial charge in [-0.05, 0) is 50.5 Å². The number of benzene rings is 1. The number of aryl methyl sites for hydroxylation is 1. The van der Waals surface area contributed by atoms with E-state index in [0.717, 1.165) is 31.2 Å². The van der Waals surface area contributed by atoms with Gasteiger partial charge >= 0.3 is 0 Å². The number of rotatable bonds is 5. The molecule has 26 heavy (non-hydrogen) atoms. The Morgan fingerprint density at radius 3 is 2.38 bits per heavy atom. The lowest BCUT2D eigenvalue weighted by molar-refractivity contribution is 0.0953. The minimum absolute atomic E-state index is 0.263. The molecule has 138 valence electrons. The van der Waals surface area contributed by atoms with Crippen LogP contribution in [0.3, 0.4) is 0 Å². The molecule has 1 aliphatic rings. The summed E-state index contributed by atoms with van der Waals surface area (Å²) in [4.78, 5) is 12.4. The van der Waals surface area contributed by atoms with Crippen molar-refractivity contribution in [2.75, 3.05) is 0 Å². The van der Waals surface area contributed by atoms with E-state index >= 15 is 0 Å². The van der Waals surface area contributed by atoms with Crippen molar-refractivity contribution < 1.29 is 17.6 Å². The molecular formula is C19H22N2O4S. The standard InChI is InChI=1S/C19H22N2O4S/c1-13(20-21-19(22)18-11-12-25-14(18)2)15-7-9-17(10-8-15)26(23,24)16-5-3-4-6-16/h7-12,16H,3-6H2,1-2H3,(H,21,22)/b20-13+. The number of hydrazone groups is 1. The van der Waals surface area contributed by atoms with E-state index in [-0.39, 0.29) is 11.2 Å². The molecule has 3 rings (SSSR count). The SMILES string of the molecule is C/C(=N\NC(=O)c1ccoc1C)c1ccc(S(=O)(=O)C2CCCC2)cc1. The molecule has 0 aliphatic heterocycles. The molecule has 1 aliphatic carbocycles. The molecule has 0 unspecified atom stereocenters. The highest BCUT2D eigenvalue weighted by atomic mass is 32.2. The Bertz CT molecular complexity index is 921. The van der Waals surface area contributed by atoms with Crippen molar-refractivity contribution >= 4 is 21.5 Å². The van der Waals surface area contributed by atoms with Crippen molar-refractivity contribution in [2.45, 2.75) is 49.7 Å². The molecule has 0 bridgehead atoms. The topological polar surface area (TPSA) is 88.7 Å². The van der Waals surface area contributed by atoms with Gasteiger partial charge in [0.05, 0.1) is 27.7 Å². The van der Waals surface area contributed by atoms with Crippen LogP contribution in [-0.2, 0) is 9.84 Å². The third kappa shape index (κ3) is 3.72. The Hall–Kier alpha value is -2.41. The smallest absolute Gasteiger partial charge is 0.274 e. The Labute approximate surface area is 153 Å². The van der Waals surface area contributed by atoms with Crippen molar-refractivity contribution in [2.24, 2.45) is 5.10 Å². The Balaban J connectivity index is 1.71. The highest BCUT2D eigenvalue weighted by molar-refractivity contribution is 7.92. The summed E-state index contributed by atoms with van der Waals surface area (Å²) in [5.74, 6) is 0.174. The van der Waals surface area contributed by atoms with E-state index < -0.39 is 9.84 Å². The van der Waals surface area contributed by atoms with Gasteiger partial charge in [0.2, 0.25) is 0 Å². The second-order valence-electron chi connectivity index (χ2n) is 6.50. The van der Waals surface area contributed by atoms with Crippen LogP contribution in [0.15, 0.2) is 51.0 Å². The first-order valence-corrected chi connectivity index (χ1v) is 10.2.